The number of nitrogens with zero attached hydrogens (tertiary/aromatic N) is 5. The van der Waals surface area contributed by atoms with E-state index in [1.165, 1.54) is 4.90 Å². The SMILES string of the molecule is C=C(F)C(=O)N1CCN(c2nc(OCC)nc3c(F)c(-c4cccc5ccccc45)ncc23)CC1. The normalized spacial score (nSPS) is 13.9. The second-order valence-corrected chi connectivity index (χ2v) is 8.16. The lowest BCUT2D eigenvalue weighted by Gasteiger charge is -2.35. The molecule has 0 spiro atoms. The van der Waals surface area contributed by atoms with E-state index in [9.17, 15) is 9.18 Å². The van der Waals surface area contributed by atoms with Crippen molar-refractivity contribution in [1.82, 2.24) is 19.9 Å². The Labute approximate surface area is 200 Å². The number of amides is 1. The Balaban J connectivity index is 1.59. The molecule has 178 valence electrons. The number of ether oxygens (including phenoxy) is 1. The number of carbonyl (C=O) groups excluding carboxylic acids is 1. The Morgan fingerprint density at radius 2 is 1.80 bits per heavy atom. The summed E-state index contributed by atoms with van der Waals surface area (Å²) in [4.78, 5) is 28.6. The minimum atomic E-state index is -0.989. The second-order valence-electron chi connectivity index (χ2n) is 8.16. The molecule has 7 nitrogen and oxygen atoms in total. The van der Waals surface area contributed by atoms with Crippen LogP contribution in [0.4, 0.5) is 14.6 Å². The predicted molar refractivity (Wildman–Crippen MR) is 130 cm³/mol. The van der Waals surface area contributed by atoms with Crippen LogP contribution in [0.3, 0.4) is 0 Å². The fourth-order valence-electron chi connectivity index (χ4n) is 4.37. The van der Waals surface area contributed by atoms with Crippen LogP contribution in [0.15, 0.2) is 61.1 Å². The minimum Gasteiger partial charge on any atom is -0.464 e. The predicted octanol–water partition coefficient (Wildman–Crippen LogP) is 4.51. The summed E-state index contributed by atoms with van der Waals surface area (Å²) < 4.78 is 34.8. The van der Waals surface area contributed by atoms with Crippen LogP contribution in [-0.4, -0.2) is 58.5 Å². The molecular weight excluding hydrogens is 452 g/mol. The van der Waals surface area contributed by atoms with E-state index >= 15 is 4.39 Å². The van der Waals surface area contributed by atoms with Gasteiger partial charge in [-0.2, -0.15) is 9.97 Å². The van der Waals surface area contributed by atoms with Crippen molar-refractivity contribution >= 4 is 33.4 Å². The summed E-state index contributed by atoms with van der Waals surface area (Å²) in [5.74, 6) is -1.82. The molecule has 1 aliphatic rings. The molecule has 1 aliphatic heterocycles. The Morgan fingerprint density at radius 3 is 2.54 bits per heavy atom. The smallest absolute Gasteiger partial charge is 0.319 e. The van der Waals surface area contributed by atoms with Crippen molar-refractivity contribution in [3.05, 3.63) is 66.9 Å². The van der Waals surface area contributed by atoms with Gasteiger partial charge in [-0.3, -0.25) is 9.78 Å². The number of benzene rings is 2. The molecule has 35 heavy (non-hydrogen) atoms. The zero-order chi connectivity index (χ0) is 24.5. The lowest BCUT2D eigenvalue weighted by atomic mass is 10.0. The molecule has 1 saturated heterocycles. The molecule has 1 fully saturated rings. The number of aromatic nitrogens is 3. The van der Waals surface area contributed by atoms with Gasteiger partial charge in [-0.1, -0.05) is 49.0 Å². The molecular formula is C26H23F2N5O2. The number of hydrogen-bond donors (Lipinski definition) is 0. The van der Waals surface area contributed by atoms with Gasteiger partial charge in [-0.15, -0.1) is 0 Å². The summed E-state index contributed by atoms with van der Waals surface area (Å²) in [6, 6.07) is 13.5. The fourth-order valence-corrected chi connectivity index (χ4v) is 4.37. The molecule has 5 rings (SSSR count). The Bertz CT molecular complexity index is 1450. The number of hydrogen-bond acceptors (Lipinski definition) is 6. The highest BCUT2D eigenvalue weighted by Gasteiger charge is 2.27. The topological polar surface area (TPSA) is 71.5 Å². The summed E-state index contributed by atoms with van der Waals surface area (Å²) in [6.07, 6.45) is 1.57. The molecule has 0 N–H and O–H groups in total. The number of fused-ring (bicyclic) bond motifs is 2. The van der Waals surface area contributed by atoms with Gasteiger partial charge in [-0.05, 0) is 17.7 Å². The van der Waals surface area contributed by atoms with E-state index in [4.69, 9.17) is 4.74 Å². The van der Waals surface area contributed by atoms with E-state index in [0.29, 0.717) is 36.5 Å². The number of pyridine rings is 1. The van der Waals surface area contributed by atoms with Gasteiger partial charge in [0.25, 0.3) is 5.91 Å². The van der Waals surface area contributed by atoms with Gasteiger partial charge in [0, 0.05) is 37.9 Å². The van der Waals surface area contributed by atoms with Crippen LogP contribution >= 0.6 is 0 Å². The molecule has 4 aromatic rings. The van der Waals surface area contributed by atoms with E-state index in [2.05, 4.69) is 21.5 Å². The molecule has 2 aromatic carbocycles. The highest BCUT2D eigenvalue weighted by molar-refractivity contribution is 5.99. The third kappa shape index (κ3) is 4.14. The van der Waals surface area contributed by atoms with Crippen LogP contribution < -0.4 is 9.64 Å². The number of anilines is 1. The highest BCUT2D eigenvalue weighted by atomic mass is 19.1. The molecule has 0 radical (unpaired) electrons. The van der Waals surface area contributed by atoms with Gasteiger partial charge >= 0.3 is 6.01 Å². The monoisotopic (exact) mass is 475 g/mol. The summed E-state index contributed by atoms with van der Waals surface area (Å²) in [5.41, 5.74) is 0.962. The Hall–Kier alpha value is -4.14. The maximum Gasteiger partial charge on any atom is 0.319 e. The lowest BCUT2D eigenvalue weighted by molar-refractivity contribution is -0.128. The number of piperazine rings is 1. The van der Waals surface area contributed by atoms with Gasteiger partial charge in [0.1, 0.15) is 17.0 Å². The maximum atomic E-state index is 16.0. The van der Waals surface area contributed by atoms with Gasteiger partial charge in [-0.25, -0.2) is 8.78 Å². The van der Waals surface area contributed by atoms with Crippen LogP contribution in [0.1, 0.15) is 6.92 Å². The van der Waals surface area contributed by atoms with Crippen molar-refractivity contribution in [1.29, 1.82) is 0 Å². The van der Waals surface area contributed by atoms with Gasteiger partial charge in [0.15, 0.2) is 11.6 Å². The van der Waals surface area contributed by atoms with E-state index in [-0.39, 0.29) is 30.3 Å². The van der Waals surface area contributed by atoms with E-state index in [0.717, 1.165) is 10.8 Å². The fraction of sp³-hybridized carbons (Fsp3) is 0.231. The largest absolute Gasteiger partial charge is 0.464 e. The second kappa shape index (κ2) is 9.25. The van der Waals surface area contributed by atoms with Gasteiger partial charge in [0.05, 0.1) is 12.0 Å². The van der Waals surface area contributed by atoms with Crippen LogP contribution in [0.5, 0.6) is 6.01 Å². The summed E-state index contributed by atoms with van der Waals surface area (Å²) >= 11 is 0. The third-order valence-electron chi connectivity index (χ3n) is 6.06. The van der Waals surface area contributed by atoms with E-state index in [1.807, 2.05) is 47.4 Å². The molecule has 0 bridgehead atoms. The van der Waals surface area contributed by atoms with Crippen molar-refractivity contribution < 1.29 is 18.3 Å². The average molecular weight is 475 g/mol. The standard InChI is InChI=1S/C26H23F2N5O2/c1-3-35-26-30-23-20(24(31-26)32-11-13-33(14-12-32)25(34)16(2)27)15-29-22(21(23)28)19-10-6-8-17-7-4-5-9-18(17)19/h4-10,15H,2-3,11-14H2,1H3. The summed E-state index contributed by atoms with van der Waals surface area (Å²) in [6.45, 7) is 6.51. The molecule has 3 heterocycles. The minimum absolute atomic E-state index is 0.0552. The summed E-state index contributed by atoms with van der Waals surface area (Å²) in [7, 11) is 0. The van der Waals surface area contributed by atoms with Crippen molar-refractivity contribution in [3.8, 4) is 17.3 Å². The van der Waals surface area contributed by atoms with E-state index in [1.54, 1.807) is 13.1 Å². The molecule has 2 aromatic heterocycles. The van der Waals surface area contributed by atoms with Crippen LogP contribution in [0, 0.1) is 5.82 Å². The first-order valence-electron chi connectivity index (χ1n) is 11.3. The van der Waals surface area contributed by atoms with Crippen molar-refractivity contribution in [2.75, 3.05) is 37.7 Å². The molecule has 0 aliphatic carbocycles. The number of halogens is 2. The molecule has 0 saturated carbocycles. The first-order valence-corrected chi connectivity index (χ1v) is 11.3. The molecule has 0 unspecified atom stereocenters. The number of carbonyl (C=O) groups is 1. The van der Waals surface area contributed by atoms with Crippen LogP contribution in [-0.2, 0) is 4.79 Å². The number of rotatable bonds is 5. The Kier molecular flexibility index (Phi) is 5.98. The molecule has 0 atom stereocenters. The van der Waals surface area contributed by atoms with Crippen molar-refractivity contribution in [3.63, 3.8) is 0 Å². The van der Waals surface area contributed by atoms with Gasteiger partial charge in [0.2, 0.25) is 0 Å². The summed E-state index contributed by atoms with van der Waals surface area (Å²) in [5, 5.41) is 2.30. The van der Waals surface area contributed by atoms with Crippen LogP contribution in [0.25, 0.3) is 32.9 Å². The lowest BCUT2D eigenvalue weighted by Crippen LogP contribution is -2.49. The molecule has 9 heteroatoms. The van der Waals surface area contributed by atoms with Gasteiger partial charge < -0.3 is 14.5 Å². The zero-order valence-electron chi connectivity index (χ0n) is 19.2. The van der Waals surface area contributed by atoms with E-state index < -0.39 is 17.6 Å². The van der Waals surface area contributed by atoms with Crippen LogP contribution in [0.2, 0.25) is 0 Å². The van der Waals surface area contributed by atoms with Crippen molar-refractivity contribution in [2.24, 2.45) is 0 Å². The third-order valence-corrected chi connectivity index (χ3v) is 6.06. The van der Waals surface area contributed by atoms with Crippen molar-refractivity contribution in [2.45, 2.75) is 6.92 Å². The first-order chi connectivity index (χ1) is 17.0. The average Bonchev–Trinajstić information content (AvgIpc) is 2.88. The zero-order valence-corrected chi connectivity index (χ0v) is 19.2. The first kappa shape index (κ1) is 22.6. The quantitative estimate of drug-likeness (QED) is 0.396. The molecule has 1 amide bonds. The Morgan fingerprint density at radius 1 is 1.06 bits per heavy atom. The highest BCUT2D eigenvalue weighted by Crippen LogP contribution is 2.35. The maximum absolute atomic E-state index is 16.0.